The molecule has 4 N–H and O–H groups in total. The topological polar surface area (TPSA) is 138 Å². The Morgan fingerprint density at radius 2 is 2.02 bits per heavy atom. The summed E-state index contributed by atoms with van der Waals surface area (Å²) >= 11 is 2.04. The van der Waals surface area contributed by atoms with E-state index in [2.05, 4.69) is 5.32 Å². The van der Waals surface area contributed by atoms with Gasteiger partial charge >= 0.3 is 0 Å². The lowest BCUT2D eigenvalue weighted by molar-refractivity contribution is -0.148. The van der Waals surface area contributed by atoms with Gasteiger partial charge in [0, 0.05) is 31.7 Å². The van der Waals surface area contributed by atoms with Crippen molar-refractivity contribution in [3.05, 3.63) is 68.6 Å². The third kappa shape index (κ3) is 7.78. The second-order valence-electron chi connectivity index (χ2n) is 10.2. The standard InChI is InChI=1S/C30H36FIN2O8/c1-40-26-14-19(17-36)13-22(32)28(26)42-25-16-20(29(38)33-8-10-35)15-23(27(25)37)34(30(39)24-6-3-11-41-24)9-7-18-4-2-5-21(31)12-18/h2,4-5,12-14,16,23-25,27,35-37H,3,6-11,15,17H2,1H3,(H,33,38)/t23-,24?,25+,27+/m1/s1. The third-order valence-electron chi connectivity index (χ3n) is 7.36. The monoisotopic (exact) mass is 698 g/mol. The van der Waals surface area contributed by atoms with Gasteiger partial charge in [0.1, 0.15) is 24.1 Å². The van der Waals surface area contributed by atoms with Crippen molar-refractivity contribution in [1.82, 2.24) is 10.2 Å². The molecule has 1 unspecified atom stereocenters. The van der Waals surface area contributed by atoms with Crippen molar-refractivity contribution in [2.24, 2.45) is 0 Å². The average molecular weight is 699 g/mol. The van der Waals surface area contributed by atoms with E-state index in [0.29, 0.717) is 45.6 Å². The molecule has 2 aliphatic rings. The summed E-state index contributed by atoms with van der Waals surface area (Å²) in [5, 5.41) is 33.2. The zero-order chi connectivity index (χ0) is 30.2. The number of methoxy groups -OCH3 is 1. The van der Waals surface area contributed by atoms with Crippen molar-refractivity contribution in [1.29, 1.82) is 0 Å². The molecule has 4 rings (SSSR count). The lowest BCUT2D eigenvalue weighted by atomic mass is 9.87. The molecule has 1 heterocycles. The summed E-state index contributed by atoms with van der Waals surface area (Å²) in [4.78, 5) is 28.4. The Labute approximate surface area is 257 Å². The fraction of sp³-hybridized carbons (Fsp3) is 0.467. The summed E-state index contributed by atoms with van der Waals surface area (Å²) in [5.74, 6) is -0.525. The zero-order valence-electron chi connectivity index (χ0n) is 23.3. The van der Waals surface area contributed by atoms with E-state index in [1.165, 1.54) is 30.2 Å². The van der Waals surface area contributed by atoms with Crippen LogP contribution in [0.4, 0.5) is 4.39 Å². The maximum atomic E-state index is 13.9. The number of hydrogen-bond acceptors (Lipinski definition) is 8. The SMILES string of the molecule is COc1cc(CO)cc(I)c1O[C@H]1C=C(C(=O)NCCO)C[C@@H](N(CCc2cccc(F)c2)C(=O)C2CCCO2)[C@@H]1O. The zero-order valence-corrected chi connectivity index (χ0v) is 25.5. The second-order valence-corrected chi connectivity index (χ2v) is 11.4. The van der Waals surface area contributed by atoms with Crippen LogP contribution in [-0.2, 0) is 27.4 Å². The highest BCUT2D eigenvalue weighted by Gasteiger charge is 2.42. The van der Waals surface area contributed by atoms with Crippen molar-refractivity contribution in [3.8, 4) is 11.5 Å². The Hall–Kier alpha value is -2.78. The number of aliphatic hydroxyl groups is 3. The van der Waals surface area contributed by atoms with Crippen molar-refractivity contribution in [2.75, 3.05) is 33.4 Å². The molecule has 0 spiro atoms. The number of amides is 2. The number of benzene rings is 2. The summed E-state index contributed by atoms with van der Waals surface area (Å²) in [6, 6.07) is 8.57. The van der Waals surface area contributed by atoms with Crippen LogP contribution < -0.4 is 14.8 Å². The average Bonchev–Trinajstić information content (AvgIpc) is 3.53. The first-order chi connectivity index (χ1) is 20.2. The van der Waals surface area contributed by atoms with Crippen LogP contribution in [0.3, 0.4) is 0 Å². The van der Waals surface area contributed by atoms with Gasteiger partial charge in [0.15, 0.2) is 11.5 Å². The summed E-state index contributed by atoms with van der Waals surface area (Å²) in [7, 11) is 1.46. The molecule has 1 saturated heterocycles. The maximum Gasteiger partial charge on any atom is 0.252 e. The highest BCUT2D eigenvalue weighted by molar-refractivity contribution is 14.1. The van der Waals surface area contributed by atoms with Gasteiger partial charge in [-0.1, -0.05) is 12.1 Å². The number of rotatable bonds is 12. The molecule has 1 aliphatic carbocycles. The summed E-state index contributed by atoms with van der Waals surface area (Å²) in [5.41, 5.74) is 1.56. The van der Waals surface area contributed by atoms with Crippen molar-refractivity contribution in [3.63, 3.8) is 0 Å². The Bertz CT molecular complexity index is 1290. The minimum absolute atomic E-state index is 0.0254. The minimum atomic E-state index is -1.25. The molecule has 0 bridgehead atoms. The molecule has 2 amide bonds. The molecule has 2 aromatic carbocycles. The van der Waals surface area contributed by atoms with Crippen LogP contribution >= 0.6 is 22.6 Å². The molecule has 12 heteroatoms. The lowest BCUT2D eigenvalue weighted by Gasteiger charge is -2.41. The van der Waals surface area contributed by atoms with E-state index in [9.17, 15) is 29.3 Å². The van der Waals surface area contributed by atoms with Gasteiger partial charge in [-0.05, 0) is 83.3 Å². The molecule has 10 nitrogen and oxygen atoms in total. The van der Waals surface area contributed by atoms with E-state index in [0.717, 1.165) is 6.42 Å². The van der Waals surface area contributed by atoms with E-state index < -0.39 is 36.1 Å². The van der Waals surface area contributed by atoms with Crippen LogP contribution in [0.5, 0.6) is 11.5 Å². The van der Waals surface area contributed by atoms with Gasteiger partial charge in [0.25, 0.3) is 5.91 Å². The molecule has 228 valence electrons. The van der Waals surface area contributed by atoms with Crippen LogP contribution in [0.1, 0.15) is 30.4 Å². The normalized spacial score (nSPS) is 21.9. The summed E-state index contributed by atoms with van der Waals surface area (Å²) < 4.78 is 32.0. The molecule has 42 heavy (non-hydrogen) atoms. The highest BCUT2D eigenvalue weighted by atomic mass is 127. The first kappa shape index (κ1) is 32.1. The van der Waals surface area contributed by atoms with Gasteiger partial charge in [0.05, 0.1) is 29.9 Å². The van der Waals surface area contributed by atoms with E-state index >= 15 is 0 Å². The fourth-order valence-corrected chi connectivity index (χ4v) is 6.03. The van der Waals surface area contributed by atoms with Gasteiger partial charge in [-0.2, -0.15) is 0 Å². The second kappa shape index (κ2) is 15.1. The largest absolute Gasteiger partial charge is 0.493 e. The molecular weight excluding hydrogens is 662 g/mol. The Kier molecular flexibility index (Phi) is 11.6. The molecule has 0 aromatic heterocycles. The molecule has 2 aromatic rings. The van der Waals surface area contributed by atoms with Crippen LogP contribution in [0, 0.1) is 9.39 Å². The van der Waals surface area contributed by atoms with Crippen LogP contribution in [0.15, 0.2) is 48.0 Å². The van der Waals surface area contributed by atoms with Crippen molar-refractivity contribution < 1.29 is 43.5 Å². The number of carbonyl (C=O) groups excluding carboxylic acids is 2. The van der Waals surface area contributed by atoms with E-state index in [1.807, 2.05) is 22.6 Å². The fourth-order valence-electron chi connectivity index (χ4n) is 5.23. The molecular formula is C30H36FIN2O8. The Morgan fingerprint density at radius 1 is 1.21 bits per heavy atom. The van der Waals surface area contributed by atoms with Crippen molar-refractivity contribution >= 4 is 34.4 Å². The number of nitrogens with zero attached hydrogens (tertiary/aromatic N) is 1. The van der Waals surface area contributed by atoms with Crippen LogP contribution in [0.2, 0.25) is 0 Å². The minimum Gasteiger partial charge on any atom is -0.493 e. The predicted octanol–water partition coefficient (Wildman–Crippen LogP) is 2.10. The predicted molar refractivity (Wildman–Crippen MR) is 159 cm³/mol. The first-order valence-corrected chi connectivity index (χ1v) is 14.9. The number of aliphatic hydroxyl groups excluding tert-OH is 3. The Balaban J connectivity index is 1.69. The molecule has 1 aliphatic heterocycles. The van der Waals surface area contributed by atoms with E-state index in [-0.39, 0.29) is 44.2 Å². The number of hydrogen-bond donors (Lipinski definition) is 4. The number of carbonyl (C=O) groups is 2. The molecule has 0 saturated carbocycles. The Morgan fingerprint density at radius 3 is 2.69 bits per heavy atom. The quantitative estimate of drug-likeness (QED) is 0.248. The molecule has 4 atom stereocenters. The first-order valence-electron chi connectivity index (χ1n) is 13.8. The summed E-state index contributed by atoms with van der Waals surface area (Å²) in [6.07, 6.45) is 0.116. The van der Waals surface area contributed by atoms with E-state index in [4.69, 9.17) is 14.2 Å². The number of ether oxygens (including phenoxy) is 3. The van der Waals surface area contributed by atoms with Gasteiger partial charge in [0.2, 0.25) is 5.91 Å². The molecule has 1 fully saturated rings. The van der Waals surface area contributed by atoms with Gasteiger partial charge in [-0.25, -0.2) is 4.39 Å². The number of nitrogens with one attached hydrogen (secondary N) is 1. The van der Waals surface area contributed by atoms with Gasteiger partial charge in [-0.15, -0.1) is 0 Å². The lowest BCUT2D eigenvalue weighted by Crippen LogP contribution is -2.57. The van der Waals surface area contributed by atoms with Gasteiger partial charge < -0.3 is 39.7 Å². The maximum absolute atomic E-state index is 13.9. The highest BCUT2D eigenvalue weighted by Crippen LogP contribution is 2.37. The smallest absolute Gasteiger partial charge is 0.252 e. The molecule has 0 radical (unpaired) electrons. The van der Waals surface area contributed by atoms with Crippen molar-refractivity contribution in [2.45, 2.75) is 56.6 Å². The summed E-state index contributed by atoms with van der Waals surface area (Å²) in [6.45, 7) is 0.162. The van der Waals surface area contributed by atoms with Crippen LogP contribution in [-0.4, -0.2) is 89.8 Å². The third-order valence-corrected chi connectivity index (χ3v) is 8.16. The van der Waals surface area contributed by atoms with Gasteiger partial charge in [-0.3, -0.25) is 9.59 Å². The number of halogens is 2. The van der Waals surface area contributed by atoms with E-state index in [1.54, 1.807) is 24.3 Å². The van der Waals surface area contributed by atoms with Crippen LogP contribution in [0.25, 0.3) is 0 Å².